The normalized spacial score (nSPS) is 11.4. The Balaban J connectivity index is 2.24. The first-order chi connectivity index (χ1) is 8.12. The van der Waals surface area contributed by atoms with Gasteiger partial charge >= 0.3 is 0 Å². The number of thioether (sulfide) groups is 1. The maximum absolute atomic E-state index is 11.9. The van der Waals surface area contributed by atoms with Crippen molar-refractivity contribution in [2.75, 3.05) is 11.0 Å². The first-order valence-corrected chi connectivity index (χ1v) is 7.22. The molecule has 9 heteroatoms. The van der Waals surface area contributed by atoms with Crippen molar-refractivity contribution in [2.24, 2.45) is 0 Å². The Morgan fingerprint density at radius 3 is 2.88 bits per heavy atom. The molecule has 0 spiro atoms. The van der Waals surface area contributed by atoms with Crippen LogP contribution in [0, 0.1) is 0 Å². The Kier molecular flexibility index (Phi) is 3.29. The fraction of sp³-hybridized carbons (Fsp3) is 0.125. The van der Waals surface area contributed by atoms with Crippen LogP contribution >= 0.6 is 11.8 Å². The molecule has 2 heterocycles. The zero-order valence-electron chi connectivity index (χ0n) is 8.78. The van der Waals surface area contributed by atoms with Gasteiger partial charge in [-0.05, 0) is 18.4 Å². The third-order valence-electron chi connectivity index (χ3n) is 1.82. The van der Waals surface area contributed by atoms with Crippen LogP contribution in [0.3, 0.4) is 0 Å². The first kappa shape index (κ1) is 11.9. The largest absolute Gasteiger partial charge is 0.265 e. The highest BCUT2D eigenvalue weighted by atomic mass is 32.2. The van der Waals surface area contributed by atoms with Gasteiger partial charge in [0.1, 0.15) is 4.90 Å². The molecule has 0 fully saturated rings. The summed E-state index contributed by atoms with van der Waals surface area (Å²) in [7, 11) is -3.66. The summed E-state index contributed by atoms with van der Waals surface area (Å²) in [6, 6.07) is 2.99. The molecule has 90 valence electrons. The molecule has 0 atom stereocenters. The summed E-state index contributed by atoms with van der Waals surface area (Å²) in [6.45, 7) is 0. The molecule has 0 saturated heterocycles. The van der Waals surface area contributed by atoms with Crippen LogP contribution in [0.25, 0.3) is 0 Å². The highest BCUT2D eigenvalue weighted by molar-refractivity contribution is 7.98. The Labute approximate surface area is 102 Å². The lowest BCUT2D eigenvalue weighted by Crippen LogP contribution is -2.14. The van der Waals surface area contributed by atoms with E-state index >= 15 is 0 Å². The van der Waals surface area contributed by atoms with E-state index in [2.05, 4.69) is 24.9 Å². The van der Waals surface area contributed by atoms with E-state index in [0.717, 1.165) is 0 Å². The molecule has 0 aliphatic heterocycles. The second-order valence-corrected chi connectivity index (χ2v) is 5.42. The van der Waals surface area contributed by atoms with E-state index in [1.165, 1.54) is 30.2 Å². The average molecular weight is 271 g/mol. The summed E-state index contributed by atoms with van der Waals surface area (Å²) in [5, 5.41) is 6.75. The quantitative estimate of drug-likeness (QED) is 0.795. The maximum Gasteiger partial charge on any atom is 0.265 e. The Hall–Kier alpha value is -1.61. The molecule has 0 aliphatic rings. The molecule has 0 aliphatic carbocycles. The summed E-state index contributed by atoms with van der Waals surface area (Å²) in [6.07, 6.45) is 4.55. The highest BCUT2D eigenvalue weighted by Crippen LogP contribution is 2.14. The molecule has 0 saturated carbocycles. The molecule has 2 aromatic heterocycles. The van der Waals surface area contributed by atoms with Crippen molar-refractivity contribution in [2.45, 2.75) is 10.1 Å². The van der Waals surface area contributed by atoms with E-state index in [-0.39, 0.29) is 10.8 Å². The molecular weight excluding hydrogens is 262 g/mol. The molecule has 2 N–H and O–H groups in total. The minimum atomic E-state index is -3.66. The zero-order chi connectivity index (χ0) is 12.3. The third kappa shape index (κ3) is 2.74. The van der Waals surface area contributed by atoms with E-state index < -0.39 is 10.0 Å². The maximum atomic E-state index is 11.9. The highest BCUT2D eigenvalue weighted by Gasteiger charge is 2.16. The number of rotatable bonds is 4. The summed E-state index contributed by atoms with van der Waals surface area (Å²) >= 11 is 1.31. The number of aromatic amines is 1. The van der Waals surface area contributed by atoms with Crippen molar-refractivity contribution in [1.29, 1.82) is 0 Å². The van der Waals surface area contributed by atoms with Gasteiger partial charge in [0.2, 0.25) is 11.1 Å². The molecule has 0 amide bonds. The molecule has 2 aromatic rings. The molecule has 17 heavy (non-hydrogen) atoms. The number of pyridine rings is 1. The van der Waals surface area contributed by atoms with Gasteiger partial charge in [0.05, 0.1) is 0 Å². The topological polar surface area (TPSA) is 101 Å². The SMILES string of the molecule is CSc1n[nH]c(NS(=O)(=O)c2cccnc2)n1. The Morgan fingerprint density at radius 1 is 1.47 bits per heavy atom. The van der Waals surface area contributed by atoms with E-state index in [1.807, 2.05) is 0 Å². The minimum Gasteiger partial charge on any atom is -0.263 e. The molecule has 0 bridgehead atoms. The zero-order valence-corrected chi connectivity index (χ0v) is 10.4. The van der Waals surface area contributed by atoms with Gasteiger partial charge in [-0.3, -0.25) is 4.98 Å². The van der Waals surface area contributed by atoms with Crippen molar-refractivity contribution >= 4 is 27.7 Å². The van der Waals surface area contributed by atoms with Crippen LogP contribution in [0.1, 0.15) is 0 Å². The number of H-pyrrole nitrogens is 1. The third-order valence-corrected chi connectivity index (χ3v) is 3.70. The fourth-order valence-corrected chi connectivity index (χ4v) is 2.32. The number of aromatic nitrogens is 4. The standard InChI is InChI=1S/C8H9N5O2S2/c1-16-8-10-7(11-12-8)13-17(14,15)6-3-2-4-9-5-6/h2-5H,1H3,(H2,10,11,12,13). The molecule has 0 aromatic carbocycles. The van der Waals surface area contributed by atoms with Crippen molar-refractivity contribution in [3.63, 3.8) is 0 Å². The lowest BCUT2D eigenvalue weighted by molar-refractivity contribution is 0.600. The monoisotopic (exact) mass is 271 g/mol. The Morgan fingerprint density at radius 2 is 2.29 bits per heavy atom. The van der Waals surface area contributed by atoms with E-state index in [4.69, 9.17) is 0 Å². The van der Waals surface area contributed by atoms with Crippen LogP contribution in [0.4, 0.5) is 5.95 Å². The smallest absolute Gasteiger partial charge is 0.263 e. The van der Waals surface area contributed by atoms with Crippen LogP contribution in [-0.2, 0) is 10.0 Å². The van der Waals surface area contributed by atoms with Crippen molar-refractivity contribution in [1.82, 2.24) is 20.2 Å². The number of sulfonamides is 1. The van der Waals surface area contributed by atoms with Gasteiger partial charge in [0.15, 0.2) is 0 Å². The summed E-state index contributed by atoms with van der Waals surface area (Å²) in [5.41, 5.74) is 0. The number of nitrogens with zero attached hydrogens (tertiary/aromatic N) is 3. The summed E-state index contributed by atoms with van der Waals surface area (Å²) < 4.78 is 26.0. The van der Waals surface area contributed by atoms with E-state index in [9.17, 15) is 8.42 Å². The van der Waals surface area contributed by atoms with Gasteiger partial charge < -0.3 is 0 Å². The second-order valence-electron chi connectivity index (χ2n) is 2.96. The van der Waals surface area contributed by atoms with E-state index in [1.54, 1.807) is 12.3 Å². The van der Waals surface area contributed by atoms with Crippen LogP contribution in [-0.4, -0.2) is 34.8 Å². The van der Waals surface area contributed by atoms with Crippen LogP contribution in [0.15, 0.2) is 34.6 Å². The molecule has 2 rings (SSSR count). The minimum absolute atomic E-state index is 0.0714. The van der Waals surface area contributed by atoms with Crippen LogP contribution < -0.4 is 4.72 Å². The predicted molar refractivity (Wildman–Crippen MR) is 63.2 cm³/mol. The van der Waals surface area contributed by atoms with Gasteiger partial charge in [-0.15, -0.1) is 5.10 Å². The Bertz CT molecular complexity index is 595. The lowest BCUT2D eigenvalue weighted by Gasteiger charge is -2.03. The number of anilines is 1. The number of hydrogen-bond acceptors (Lipinski definition) is 6. The van der Waals surface area contributed by atoms with Crippen LogP contribution in [0.2, 0.25) is 0 Å². The lowest BCUT2D eigenvalue weighted by atomic mass is 10.5. The van der Waals surface area contributed by atoms with Gasteiger partial charge in [0.25, 0.3) is 10.0 Å². The molecular formula is C8H9N5O2S2. The van der Waals surface area contributed by atoms with Crippen molar-refractivity contribution < 1.29 is 8.42 Å². The second kappa shape index (κ2) is 4.72. The van der Waals surface area contributed by atoms with Crippen molar-refractivity contribution in [3.05, 3.63) is 24.5 Å². The number of hydrogen-bond donors (Lipinski definition) is 2. The van der Waals surface area contributed by atoms with Gasteiger partial charge in [-0.2, -0.15) is 4.98 Å². The summed E-state index contributed by atoms with van der Waals surface area (Å²) in [5.74, 6) is 0.0817. The summed E-state index contributed by atoms with van der Waals surface area (Å²) in [4.78, 5) is 7.74. The predicted octanol–water partition coefficient (Wildman–Crippen LogP) is 0.722. The van der Waals surface area contributed by atoms with Gasteiger partial charge in [-0.1, -0.05) is 11.8 Å². The number of nitrogens with one attached hydrogen (secondary N) is 2. The van der Waals surface area contributed by atoms with Crippen molar-refractivity contribution in [3.8, 4) is 0 Å². The van der Waals surface area contributed by atoms with Gasteiger partial charge in [0, 0.05) is 12.4 Å². The molecule has 7 nitrogen and oxygen atoms in total. The van der Waals surface area contributed by atoms with Gasteiger partial charge in [-0.25, -0.2) is 18.2 Å². The molecule has 0 unspecified atom stereocenters. The van der Waals surface area contributed by atoms with Crippen LogP contribution in [0.5, 0.6) is 0 Å². The fourth-order valence-electron chi connectivity index (χ4n) is 1.08. The van der Waals surface area contributed by atoms with E-state index in [0.29, 0.717) is 5.16 Å². The first-order valence-electron chi connectivity index (χ1n) is 4.51. The molecule has 0 radical (unpaired) electrons. The average Bonchev–Trinajstić information content (AvgIpc) is 2.77.